The number of aromatic nitrogens is 2. The van der Waals surface area contributed by atoms with Crippen LogP contribution in [0.3, 0.4) is 0 Å². The van der Waals surface area contributed by atoms with E-state index < -0.39 is 0 Å². The third-order valence-electron chi connectivity index (χ3n) is 5.49. The molecule has 2 fully saturated rings. The summed E-state index contributed by atoms with van der Waals surface area (Å²) in [6.45, 7) is 5.04. The average Bonchev–Trinajstić information content (AvgIpc) is 2.62. The second-order valence-corrected chi connectivity index (χ2v) is 7.78. The molecule has 0 spiro atoms. The molecular formula is C20H23ClN4O2. The van der Waals surface area contributed by atoms with Gasteiger partial charge in [-0.25, -0.2) is 4.68 Å². The Morgan fingerprint density at radius 3 is 2.70 bits per heavy atom. The zero-order valence-corrected chi connectivity index (χ0v) is 16.2. The lowest BCUT2D eigenvalue weighted by Gasteiger charge is -2.35. The second-order valence-electron chi connectivity index (χ2n) is 7.34. The maximum atomic E-state index is 13.0. The van der Waals surface area contributed by atoms with Crippen LogP contribution in [0.1, 0.15) is 41.2 Å². The van der Waals surface area contributed by atoms with E-state index in [9.17, 15) is 9.59 Å². The number of halogens is 1. The van der Waals surface area contributed by atoms with Crippen LogP contribution >= 0.6 is 11.6 Å². The number of hydrogen-bond donors (Lipinski definition) is 0. The molecular weight excluding hydrogens is 364 g/mol. The largest absolute Gasteiger partial charge is 0.370 e. The van der Waals surface area contributed by atoms with Crippen molar-refractivity contribution in [3.63, 3.8) is 0 Å². The molecule has 7 heteroatoms. The lowest BCUT2D eigenvalue weighted by Crippen LogP contribution is -2.44. The van der Waals surface area contributed by atoms with Crippen molar-refractivity contribution in [1.82, 2.24) is 14.7 Å². The van der Waals surface area contributed by atoms with Gasteiger partial charge >= 0.3 is 0 Å². The van der Waals surface area contributed by atoms with Gasteiger partial charge in [-0.2, -0.15) is 5.10 Å². The van der Waals surface area contributed by atoms with E-state index in [1.807, 2.05) is 17.9 Å². The summed E-state index contributed by atoms with van der Waals surface area (Å²) >= 11 is 6.07. The number of hydrogen-bond acceptors (Lipinski definition) is 4. The molecule has 1 atom stereocenters. The molecule has 2 aliphatic rings. The number of anilines is 1. The topological polar surface area (TPSA) is 58.4 Å². The van der Waals surface area contributed by atoms with Gasteiger partial charge in [0.05, 0.1) is 17.9 Å². The Morgan fingerprint density at radius 1 is 1.19 bits per heavy atom. The van der Waals surface area contributed by atoms with Crippen molar-refractivity contribution in [2.75, 3.05) is 31.1 Å². The number of aryl methyl sites for hydroxylation is 1. The van der Waals surface area contributed by atoms with E-state index in [1.165, 1.54) is 4.68 Å². The Kier molecular flexibility index (Phi) is 4.91. The highest BCUT2D eigenvalue weighted by molar-refractivity contribution is 6.31. The van der Waals surface area contributed by atoms with Crippen LogP contribution in [0.15, 0.2) is 35.3 Å². The fourth-order valence-electron chi connectivity index (χ4n) is 3.76. The Hall–Kier alpha value is -2.34. The van der Waals surface area contributed by atoms with Crippen molar-refractivity contribution in [2.24, 2.45) is 0 Å². The number of benzene rings is 1. The monoisotopic (exact) mass is 386 g/mol. The zero-order chi connectivity index (χ0) is 19.0. The molecule has 142 valence electrons. The van der Waals surface area contributed by atoms with Crippen LogP contribution < -0.4 is 10.5 Å². The molecule has 2 saturated heterocycles. The van der Waals surface area contributed by atoms with E-state index in [2.05, 4.69) is 10.00 Å². The summed E-state index contributed by atoms with van der Waals surface area (Å²) in [7, 11) is 0. The van der Waals surface area contributed by atoms with Crippen molar-refractivity contribution in [1.29, 1.82) is 0 Å². The van der Waals surface area contributed by atoms with Gasteiger partial charge in [0.1, 0.15) is 0 Å². The second kappa shape index (κ2) is 7.35. The first-order chi connectivity index (χ1) is 13.0. The number of rotatable bonds is 3. The summed E-state index contributed by atoms with van der Waals surface area (Å²) in [5.74, 6) is -0.0371. The SMILES string of the molecule is Cc1ccc(Cl)cc1C(=O)N1CCC[C@H](n2ncc(N3CCC3)cc2=O)C1. The Morgan fingerprint density at radius 2 is 2.00 bits per heavy atom. The number of carbonyl (C=O) groups excluding carboxylic acids is 1. The van der Waals surface area contributed by atoms with Gasteiger partial charge in [0.25, 0.3) is 11.5 Å². The first kappa shape index (κ1) is 18.0. The fraction of sp³-hybridized carbons (Fsp3) is 0.450. The highest BCUT2D eigenvalue weighted by Crippen LogP contribution is 2.24. The molecule has 0 aliphatic carbocycles. The van der Waals surface area contributed by atoms with Gasteiger partial charge in [0.15, 0.2) is 0 Å². The third kappa shape index (κ3) is 3.58. The van der Waals surface area contributed by atoms with E-state index in [4.69, 9.17) is 11.6 Å². The van der Waals surface area contributed by atoms with Crippen molar-refractivity contribution < 1.29 is 4.79 Å². The molecule has 0 bridgehead atoms. The molecule has 2 aromatic rings. The summed E-state index contributed by atoms with van der Waals surface area (Å²) < 4.78 is 1.54. The normalized spacial score (nSPS) is 19.7. The quantitative estimate of drug-likeness (QED) is 0.813. The molecule has 3 heterocycles. The number of likely N-dealkylation sites (tertiary alicyclic amines) is 1. The zero-order valence-electron chi connectivity index (χ0n) is 15.4. The van der Waals surface area contributed by atoms with E-state index in [1.54, 1.807) is 24.4 Å². The lowest BCUT2D eigenvalue weighted by molar-refractivity contribution is 0.0669. The highest BCUT2D eigenvalue weighted by Gasteiger charge is 2.28. The number of carbonyl (C=O) groups is 1. The van der Waals surface area contributed by atoms with E-state index in [0.29, 0.717) is 23.7 Å². The Bertz CT molecular complexity index is 922. The van der Waals surface area contributed by atoms with Crippen molar-refractivity contribution in [3.8, 4) is 0 Å². The van der Waals surface area contributed by atoms with Crippen LogP contribution in [0.25, 0.3) is 0 Å². The Labute approximate surface area is 163 Å². The standard InChI is InChI=1S/C20H23ClN4O2/c1-14-5-6-15(21)10-18(14)20(27)24-7-2-4-16(13-24)25-19(26)11-17(12-22-25)23-8-3-9-23/h5-6,10-12,16H,2-4,7-9,13H2,1H3/t16-/m0/s1. The van der Waals surface area contributed by atoms with Crippen LogP contribution in [-0.4, -0.2) is 46.8 Å². The molecule has 0 N–H and O–H groups in total. The Balaban J connectivity index is 1.53. The van der Waals surface area contributed by atoms with Crippen molar-refractivity contribution in [3.05, 3.63) is 57.0 Å². The maximum Gasteiger partial charge on any atom is 0.269 e. The van der Waals surface area contributed by atoms with E-state index in [-0.39, 0.29) is 17.5 Å². The predicted octanol–water partition coefficient (Wildman–Crippen LogP) is 2.89. The van der Waals surface area contributed by atoms with Gasteiger partial charge in [-0.05, 0) is 43.9 Å². The maximum absolute atomic E-state index is 13.0. The molecule has 1 aromatic heterocycles. The van der Waals surface area contributed by atoms with Gasteiger partial charge in [-0.1, -0.05) is 17.7 Å². The van der Waals surface area contributed by atoms with Gasteiger partial charge in [0, 0.05) is 42.8 Å². The van der Waals surface area contributed by atoms with Gasteiger partial charge in [-0.3, -0.25) is 9.59 Å². The van der Waals surface area contributed by atoms with Crippen molar-refractivity contribution >= 4 is 23.2 Å². The van der Waals surface area contributed by atoms with Crippen LogP contribution in [0.2, 0.25) is 5.02 Å². The molecule has 4 rings (SSSR count). The number of amides is 1. The predicted molar refractivity (Wildman–Crippen MR) is 106 cm³/mol. The van der Waals surface area contributed by atoms with Gasteiger partial charge < -0.3 is 9.80 Å². The van der Waals surface area contributed by atoms with E-state index in [0.717, 1.165) is 43.6 Å². The van der Waals surface area contributed by atoms with Gasteiger partial charge in [0.2, 0.25) is 0 Å². The summed E-state index contributed by atoms with van der Waals surface area (Å²) in [4.78, 5) is 29.5. The first-order valence-corrected chi connectivity index (χ1v) is 9.80. The molecule has 0 unspecified atom stereocenters. The molecule has 0 radical (unpaired) electrons. The van der Waals surface area contributed by atoms with Crippen LogP contribution in [0, 0.1) is 6.92 Å². The van der Waals surface area contributed by atoms with Crippen LogP contribution in [-0.2, 0) is 0 Å². The number of nitrogens with zero attached hydrogens (tertiary/aromatic N) is 4. The summed E-state index contributed by atoms with van der Waals surface area (Å²) in [5.41, 5.74) is 2.32. The first-order valence-electron chi connectivity index (χ1n) is 9.42. The summed E-state index contributed by atoms with van der Waals surface area (Å²) in [5, 5.41) is 4.96. The minimum absolute atomic E-state index is 0.0371. The van der Waals surface area contributed by atoms with Crippen LogP contribution in [0.5, 0.6) is 0 Å². The average molecular weight is 387 g/mol. The molecule has 27 heavy (non-hydrogen) atoms. The lowest BCUT2D eigenvalue weighted by atomic mass is 10.0. The highest BCUT2D eigenvalue weighted by atomic mass is 35.5. The minimum atomic E-state index is -0.0994. The smallest absolute Gasteiger partial charge is 0.269 e. The molecule has 1 amide bonds. The van der Waals surface area contributed by atoms with Gasteiger partial charge in [-0.15, -0.1) is 0 Å². The van der Waals surface area contributed by atoms with Crippen molar-refractivity contribution in [2.45, 2.75) is 32.2 Å². The molecule has 0 saturated carbocycles. The van der Waals surface area contributed by atoms with Crippen LogP contribution in [0.4, 0.5) is 5.69 Å². The molecule has 2 aliphatic heterocycles. The summed E-state index contributed by atoms with van der Waals surface area (Å²) in [6.07, 6.45) is 4.61. The number of piperidine rings is 1. The third-order valence-corrected chi connectivity index (χ3v) is 5.73. The summed E-state index contributed by atoms with van der Waals surface area (Å²) in [6, 6.07) is 6.93. The molecule has 6 nitrogen and oxygen atoms in total. The minimum Gasteiger partial charge on any atom is -0.370 e. The molecule has 1 aromatic carbocycles. The fourth-order valence-corrected chi connectivity index (χ4v) is 3.94. The van der Waals surface area contributed by atoms with E-state index >= 15 is 0 Å².